The molecule has 0 rings (SSSR count). The Morgan fingerprint density at radius 1 is 0.643 bits per heavy atom. The van der Waals surface area contributed by atoms with Gasteiger partial charge in [0.15, 0.2) is 0 Å². The number of rotatable bonds is 20. The van der Waals surface area contributed by atoms with Crippen molar-refractivity contribution in [2.75, 3.05) is 0 Å². The molecule has 0 aliphatic heterocycles. The van der Waals surface area contributed by atoms with Crippen molar-refractivity contribution in [3.05, 3.63) is 0 Å². The summed E-state index contributed by atoms with van der Waals surface area (Å²) in [4.78, 5) is 0. The molecule has 0 saturated carbocycles. The number of aliphatic hydroxyl groups is 1. The molecule has 4 nitrogen and oxygen atoms in total. The van der Waals surface area contributed by atoms with Gasteiger partial charge in [0.05, 0.1) is 16.2 Å². The minimum atomic E-state index is -4.15. The second-order valence-corrected chi connectivity index (χ2v) is 9.82. The zero-order valence-corrected chi connectivity index (χ0v) is 21.8. The van der Waals surface area contributed by atoms with Crippen LogP contribution in [-0.2, 0) is 10.1 Å². The maximum Gasteiger partial charge on any atom is 1.00 e. The van der Waals surface area contributed by atoms with Crippen LogP contribution in [0.15, 0.2) is 0 Å². The van der Waals surface area contributed by atoms with E-state index in [0.717, 1.165) is 77.0 Å². The minimum Gasteiger partial charge on any atom is -0.748 e. The van der Waals surface area contributed by atoms with Gasteiger partial charge in [-0.25, -0.2) is 8.42 Å². The van der Waals surface area contributed by atoms with Crippen molar-refractivity contribution in [2.45, 2.75) is 141 Å². The quantitative estimate of drug-likeness (QED) is 0.183. The Kier molecular flexibility index (Phi) is 23.4. The van der Waals surface area contributed by atoms with Gasteiger partial charge in [0.25, 0.3) is 0 Å². The van der Waals surface area contributed by atoms with Crippen molar-refractivity contribution in [1.82, 2.24) is 0 Å². The summed E-state index contributed by atoms with van der Waals surface area (Å²) in [5.41, 5.74) is 0. The first-order chi connectivity index (χ1) is 12.9. The van der Waals surface area contributed by atoms with Gasteiger partial charge >= 0.3 is 29.6 Å². The van der Waals surface area contributed by atoms with E-state index < -0.39 is 15.4 Å². The molecule has 0 aliphatic carbocycles. The Bertz CT molecular complexity index is 415. The number of aliphatic hydroxyl groups excluding tert-OH is 1. The van der Waals surface area contributed by atoms with Crippen molar-refractivity contribution in [3.8, 4) is 0 Å². The summed E-state index contributed by atoms with van der Waals surface area (Å²) in [5.74, 6) is 0. The molecule has 1 N–H and O–H groups in total. The largest absolute Gasteiger partial charge is 1.00 e. The summed E-state index contributed by atoms with van der Waals surface area (Å²) >= 11 is 0. The standard InChI is InChI=1S/C22H46O4S.Na/c1-3-5-7-10-14-17-21(23)18-15-11-8-9-12-16-20-22(27(24,25)26)19-13-6-4-2;/h21-23H,3-20H2,1-2H3,(H,24,25,26);/q;+1/p-1. The van der Waals surface area contributed by atoms with E-state index in [4.69, 9.17) is 0 Å². The molecule has 0 fully saturated rings. The van der Waals surface area contributed by atoms with Crippen LogP contribution in [0.25, 0.3) is 0 Å². The van der Waals surface area contributed by atoms with Crippen LogP contribution in [0.3, 0.4) is 0 Å². The maximum atomic E-state index is 11.3. The van der Waals surface area contributed by atoms with Gasteiger partial charge in [-0.2, -0.15) is 0 Å². The van der Waals surface area contributed by atoms with Gasteiger partial charge in [0, 0.05) is 5.25 Å². The summed E-state index contributed by atoms with van der Waals surface area (Å²) in [5, 5.41) is 9.30. The third-order valence-corrected chi connectivity index (χ3v) is 6.78. The second kappa shape index (κ2) is 21.1. The van der Waals surface area contributed by atoms with Crippen LogP contribution in [0.5, 0.6) is 0 Å². The first-order valence-electron chi connectivity index (χ1n) is 11.5. The van der Waals surface area contributed by atoms with E-state index in [1.54, 1.807) is 0 Å². The molecule has 164 valence electrons. The first kappa shape index (κ1) is 31.1. The van der Waals surface area contributed by atoms with E-state index in [-0.39, 0.29) is 35.7 Å². The summed E-state index contributed by atoms with van der Waals surface area (Å²) in [6, 6.07) is 0. The van der Waals surface area contributed by atoms with Crippen LogP contribution in [0.4, 0.5) is 0 Å². The van der Waals surface area contributed by atoms with Gasteiger partial charge in [0.1, 0.15) is 0 Å². The van der Waals surface area contributed by atoms with Crippen molar-refractivity contribution in [1.29, 1.82) is 0 Å². The van der Waals surface area contributed by atoms with E-state index in [1.165, 1.54) is 25.7 Å². The van der Waals surface area contributed by atoms with E-state index in [0.29, 0.717) is 12.8 Å². The summed E-state index contributed by atoms with van der Waals surface area (Å²) in [7, 11) is -4.15. The van der Waals surface area contributed by atoms with Crippen LogP contribution in [0.1, 0.15) is 129 Å². The Balaban J connectivity index is 0. The fourth-order valence-corrected chi connectivity index (χ4v) is 4.55. The maximum absolute atomic E-state index is 11.3. The van der Waals surface area contributed by atoms with Gasteiger partial charge in [-0.1, -0.05) is 104 Å². The molecule has 6 heteroatoms. The molecule has 0 aromatic rings. The van der Waals surface area contributed by atoms with Gasteiger partial charge in [-0.15, -0.1) is 0 Å². The number of hydrogen-bond acceptors (Lipinski definition) is 4. The molecule has 2 atom stereocenters. The molecule has 0 aromatic heterocycles. The molecule has 28 heavy (non-hydrogen) atoms. The predicted octanol–water partition coefficient (Wildman–Crippen LogP) is 3.33. The molecule has 0 radical (unpaired) electrons. The van der Waals surface area contributed by atoms with Crippen LogP contribution < -0.4 is 29.6 Å². The van der Waals surface area contributed by atoms with E-state index >= 15 is 0 Å². The average molecular weight is 429 g/mol. The Morgan fingerprint density at radius 3 is 1.39 bits per heavy atom. The van der Waals surface area contributed by atoms with Crippen LogP contribution in [0.2, 0.25) is 0 Å². The smallest absolute Gasteiger partial charge is 0.748 e. The number of hydrogen-bond donors (Lipinski definition) is 1. The molecular formula is C22H45NaO4S. The van der Waals surface area contributed by atoms with E-state index in [9.17, 15) is 18.1 Å². The van der Waals surface area contributed by atoms with Crippen LogP contribution in [0, 0.1) is 0 Å². The molecule has 0 amide bonds. The Labute approximate surface area is 197 Å². The molecular weight excluding hydrogens is 383 g/mol. The van der Waals surface area contributed by atoms with Gasteiger partial charge in [-0.3, -0.25) is 0 Å². The van der Waals surface area contributed by atoms with Crippen LogP contribution in [-0.4, -0.2) is 29.4 Å². The Hall–Kier alpha value is 0.870. The monoisotopic (exact) mass is 428 g/mol. The average Bonchev–Trinajstić information content (AvgIpc) is 2.61. The molecule has 0 saturated heterocycles. The van der Waals surface area contributed by atoms with Crippen LogP contribution >= 0.6 is 0 Å². The molecule has 0 spiro atoms. The summed E-state index contributed by atoms with van der Waals surface area (Å²) in [6.07, 6.45) is 18.1. The minimum absolute atomic E-state index is 0. The van der Waals surface area contributed by atoms with Crippen molar-refractivity contribution in [2.24, 2.45) is 0 Å². The molecule has 2 unspecified atom stereocenters. The second-order valence-electron chi connectivity index (χ2n) is 8.17. The van der Waals surface area contributed by atoms with Crippen molar-refractivity contribution < 1.29 is 47.6 Å². The fourth-order valence-electron chi connectivity index (χ4n) is 3.64. The molecule has 0 aliphatic rings. The van der Waals surface area contributed by atoms with E-state index in [1.807, 2.05) is 0 Å². The van der Waals surface area contributed by atoms with Gasteiger partial charge in [0.2, 0.25) is 0 Å². The van der Waals surface area contributed by atoms with Crippen molar-refractivity contribution >= 4 is 10.1 Å². The van der Waals surface area contributed by atoms with Crippen molar-refractivity contribution in [3.63, 3.8) is 0 Å². The molecule has 0 heterocycles. The third-order valence-electron chi connectivity index (χ3n) is 5.49. The third kappa shape index (κ3) is 20.2. The zero-order valence-electron chi connectivity index (χ0n) is 19.0. The van der Waals surface area contributed by atoms with Gasteiger partial charge in [-0.05, 0) is 25.7 Å². The van der Waals surface area contributed by atoms with Gasteiger partial charge < -0.3 is 9.66 Å². The molecule has 0 aromatic carbocycles. The molecule has 0 bridgehead atoms. The zero-order chi connectivity index (χ0) is 20.4. The van der Waals surface area contributed by atoms with E-state index in [2.05, 4.69) is 13.8 Å². The summed E-state index contributed by atoms with van der Waals surface area (Å²) < 4.78 is 34.0. The number of unbranched alkanes of at least 4 members (excludes halogenated alkanes) is 11. The summed E-state index contributed by atoms with van der Waals surface area (Å²) in [6.45, 7) is 4.29. The Morgan fingerprint density at radius 2 is 0.964 bits per heavy atom. The predicted molar refractivity (Wildman–Crippen MR) is 114 cm³/mol. The SMILES string of the molecule is CCCCCCCC(O)CCCCCCCCC(CCCCC)S(=O)(=O)[O-].[Na+]. The normalized spacial score (nSPS) is 13.9. The topological polar surface area (TPSA) is 77.4 Å². The fraction of sp³-hybridized carbons (Fsp3) is 1.00. The first-order valence-corrected chi connectivity index (χ1v) is 13.0.